The molecule has 180 valence electrons. The molecular weight excluding hydrogens is 494 g/mol. The average Bonchev–Trinajstić information content (AvgIpc) is 2.78. The van der Waals surface area contributed by atoms with Gasteiger partial charge in [-0.05, 0) is 47.4 Å². The molecule has 0 bridgehead atoms. The van der Waals surface area contributed by atoms with Crippen molar-refractivity contribution in [1.29, 1.82) is 0 Å². The molecule has 2 aromatic carbocycles. The molecular formula is C24H20Cl2F3NO4. The van der Waals surface area contributed by atoms with Crippen LogP contribution in [0.5, 0.6) is 11.5 Å². The van der Waals surface area contributed by atoms with Crippen molar-refractivity contribution >= 4 is 29.2 Å². The predicted octanol–water partition coefficient (Wildman–Crippen LogP) is 6.72. The smallest absolute Gasteiger partial charge is 0.396 e. The highest BCUT2D eigenvalue weighted by Gasteiger charge is 2.45. The summed E-state index contributed by atoms with van der Waals surface area (Å²) in [4.78, 5) is 23.2. The number of pyridine rings is 1. The number of ether oxygens (including phenoxy) is 2. The van der Waals surface area contributed by atoms with Gasteiger partial charge in [-0.2, -0.15) is 13.2 Å². The molecule has 34 heavy (non-hydrogen) atoms. The molecule has 2 atom stereocenters. The number of hydrogen-bond acceptors (Lipinski definition) is 4. The third-order valence-electron chi connectivity index (χ3n) is 5.39. The molecule has 0 saturated carbocycles. The Balaban J connectivity index is 1.93. The predicted molar refractivity (Wildman–Crippen MR) is 123 cm³/mol. The van der Waals surface area contributed by atoms with E-state index in [9.17, 15) is 22.8 Å². The van der Waals surface area contributed by atoms with Gasteiger partial charge in [0.25, 0.3) is 0 Å². The average molecular weight is 514 g/mol. The SMILES string of the molecule is COC(=O)c1ccc(Oc2ccc(C(C)C(c3ccc(=O)n(C)c3)C(F)(F)F)c(Cl)c2Cl)cc1. The summed E-state index contributed by atoms with van der Waals surface area (Å²) in [6, 6.07) is 11.2. The van der Waals surface area contributed by atoms with Gasteiger partial charge < -0.3 is 14.0 Å². The summed E-state index contributed by atoms with van der Waals surface area (Å²) < 4.78 is 53.6. The van der Waals surface area contributed by atoms with Crippen molar-refractivity contribution in [2.75, 3.05) is 7.11 Å². The van der Waals surface area contributed by atoms with Gasteiger partial charge in [0, 0.05) is 19.3 Å². The molecule has 0 aliphatic rings. The van der Waals surface area contributed by atoms with Crippen LogP contribution in [0.3, 0.4) is 0 Å². The number of benzene rings is 2. The second kappa shape index (κ2) is 10.1. The van der Waals surface area contributed by atoms with Gasteiger partial charge >= 0.3 is 12.1 Å². The van der Waals surface area contributed by atoms with Crippen LogP contribution in [0.15, 0.2) is 59.5 Å². The van der Waals surface area contributed by atoms with Crippen molar-refractivity contribution in [2.45, 2.75) is 24.9 Å². The number of halogens is 5. The Labute approximate surface area is 203 Å². The van der Waals surface area contributed by atoms with Crippen LogP contribution in [0.25, 0.3) is 0 Å². The number of alkyl halides is 3. The standard InChI is InChI=1S/C24H20Cl2F3NO4/c1-13(20(24(27,28)29)15-6-11-19(31)30(2)12-15)17-9-10-18(22(26)21(17)25)34-16-7-4-14(5-8-16)23(32)33-3/h4-13,20H,1-3H3. The summed E-state index contributed by atoms with van der Waals surface area (Å²) in [6.07, 6.45) is -3.44. The Bertz CT molecular complexity index is 1260. The lowest BCUT2D eigenvalue weighted by Crippen LogP contribution is -2.28. The Kier molecular flexibility index (Phi) is 7.63. The number of nitrogens with zero attached hydrogens (tertiary/aromatic N) is 1. The van der Waals surface area contributed by atoms with E-state index in [1.165, 1.54) is 69.7 Å². The molecule has 3 aromatic rings. The van der Waals surface area contributed by atoms with Gasteiger partial charge in [-0.1, -0.05) is 42.3 Å². The fraction of sp³-hybridized carbons (Fsp3) is 0.250. The summed E-state index contributed by atoms with van der Waals surface area (Å²) in [5, 5.41) is -0.124. The molecule has 3 rings (SSSR count). The zero-order valence-corrected chi connectivity index (χ0v) is 19.8. The fourth-order valence-electron chi connectivity index (χ4n) is 3.62. The third-order valence-corrected chi connectivity index (χ3v) is 6.27. The van der Waals surface area contributed by atoms with Gasteiger partial charge in [0.15, 0.2) is 0 Å². The van der Waals surface area contributed by atoms with E-state index in [4.69, 9.17) is 27.9 Å². The molecule has 0 radical (unpaired) electrons. The normalized spacial score (nSPS) is 13.3. The minimum absolute atomic E-state index is 0.0514. The highest BCUT2D eigenvalue weighted by molar-refractivity contribution is 6.43. The highest BCUT2D eigenvalue weighted by atomic mass is 35.5. The Hall–Kier alpha value is -2.97. The van der Waals surface area contributed by atoms with Crippen LogP contribution in [0.4, 0.5) is 13.2 Å². The maximum Gasteiger partial charge on any atom is 0.396 e. The lowest BCUT2D eigenvalue weighted by atomic mass is 9.82. The maximum absolute atomic E-state index is 14.1. The van der Waals surface area contributed by atoms with E-state index >= 15 is 0 Å². The van der Waals surface area contributed by atoms with Crippen LogP contribution in [0, 0.1) is 0 Å². The van der Waals surface area contributed by atoms with Crippen molar-refractivity contribution < 1.29 is 27.4 Å². The molecule has 0 saturated heterocycles. The quantitative estimate of drug-likeness (QED) is 0.343. The van der Waals surface area contributed by atoms with Crippen molar-refractivity contribution in [1.82, 2.24) is 4.57 Å². The number of carbonyl (C=O) groups is 1. The van der Waals surface area contributed by atoms with Gasteiger partial charge in [0.2, 0.25) is 5.56 Å². The van der Waals surface area contributed by atoms with Crippen LogP contribution in [-0.2, 0) is 11.8 Å². The molecule has 1 heterocycles. The number of hydrogen-bond donors (Lipinski definition) is 0. The Morgan fingerprint density at radius 3 is 2.21 bits per heavy atom. The van der Waals surface area contributed by atoms with E-state index in [1.54, 1.807) is 0 Å². The van der Waals surface area contributed by atoms with Crippen LogP contribution in [-0.4, -0.2) is 23.8 Å². The zero-order chi connectivity index (χ0) is 25.2. The monoisotopic (exact) mass is 513 g/mol. The highest BCUT2D eigenvalue weighted by Crippen LogP contribution is 2.48. The van der Waals surface area contributed by atoms with E-state index in [0.717, 1.165) is 10.6 Å². The zero-order valence-electron chi connectivity index (χ0n) is 18.3. The molecule has 10 heteroatoms. The number of rotatable bonds is 6. The molecule has 1 aromatic heterocycles. The van der Waals surface area contributed by atoms with Gasteiger partial charge in [0.1, 0.15) is 16.5 Å². The third kappa shape index (κ3) is 5.39. The second-order valence-electron chi connectivity index (χ2n) is 7.62. The first-order valence-corrected chi connectivity index (χ1v) is 10.8. The van der Waals surface area contributed by atoms with E-state index in [2.05, 4.69) is 4.74 Å². The van der Waals surface area contributed by atoms with Gasteiger partial charge in [-0.25, -0.2) is 4.79 Å². The van der Waals surface area contributed by atoms with Crippen LogP contribution in [0.1, 0.15) is 40.2 Å². The summed E-state index contributed by atoms with van der Waals surface area (Å²) in [7, 11) is 2.65. The Morgan fingerprint density at radius 1 is 1.00 bits per heavy atom. The largest absolute Gasteiger partial charge is 0.465 e. The number of carbonyl (C=O) groups excluding carboxylic acids is 1. The first-order valence-electron chi connectivity index (χ1n) is 10.0. The summed E-state index contributed by atoms with van der Waals surface area (Å²) >= 11 is 12.7. The molecule has 0 fully saturated rings. The first-order chi connectivity index (χ1) is 15.9. The summed E-state index contributed by atoms with van der Waals surface area (Å²) in [6.45, 7) is 1.40. The van der Waals surface area contributed by atoms with E-state index in [0.29, 0.717) is 11.3 Å². The molecule has 2 unspecified atom stereocenters. The lowest BCUT2D eigenvalue weighted by Gasteiger charge is -2.28. The van der Waals surface area contributed by atoms with E-state index < -0.39 is 29.5 Å². The molecule has 0 aliphatic carbocycles. The second-order valence-corrected chi connectivity index (χ2v) is 8.37. The molecule has 0 N–H and O–H groups in total. The van der Waals surface area contributed by atoms with Gasteiger partial charge in [-0.15, -0.1) is 0 Å². The topological polar surface area (TPSA) is 57.5 Å². The van der Waals surface area contributed by atoms with Crippen molar-refractivity contribution in [2.24, 2.45) is 7.05 Å². The van der Waals surface area contributed by atoms with Crippen LogP contribution < -0.4 is 10.3 Å². The van der Waals surface area contributed by atoms with Gasteiger partial charge in [-0.3, -0.25) is 4.79 Å². The van der Waals surface area contributed by atoms with Crippen molar-refractivity contribution in [3.8, 4) is 11.5 Å². The molecule has 5 nitrogen and oxygen atoms in total. The molecule has 0 amide bonds. The number of esters is 1. The lowest BCUT2D eigenvalue weighted by molar-refractivity contribution is -0.154. The van der Waals surface area contributed by atoms with Crippen LogP contribution >= 0.6 is 23.2 Å². The fourth-order valence-corrected chi connectivity index (χ4v) is 4.16. The number of methoxy groups -OCH3 is 1. The maximum atomic E-state index is 14.1. The van der Waals surface area contributed by atoms with E-state index in [1.807, 2.05) is 0 Å². The van der Waals surface area contributed by atoms with Crippen molar-refractivity contribution in [3.63, 3.8) is 0 Å². The van der Waals surface area contributed by atoms with E-state index in [-0.39, 0.29) is 26.9 Å². The number of aromatic nitrogens is 1. The molecule has 0 aliphatic heterocycles. The van der Waals surface area contributed by atoms with Gasteiger partial charge in [0.05, 0.1) is 23.6 Å². The minimum atomic E-state index is -4.61. The van der Waals surface area contributed by atoms with Crippen molar-refractivity contribution in [3.05, 3.63) is 91.8 Å². The summed E-state index contributed by atoms with van der Waals surface area (Å²) in [5.41, 5.74) is 0.0100. The Morgan fingerprint density at radius 2 is 1.65 bits per heavy atom. The molecule has 0 spiro atoms. The summed E-state index contributed by atoms with van der Waals surface area (Å²) in [5.74, 6) is -3.08. The minimum Gasteiger partial charge on any atom is -0.465 e. The number of aryl methyl sites for hydroxylation is 1. The first kappa shape index (κ1) is 25.6. The van der Waals surface area contributed by atoms with Crippen LogP contribution in [0.2, 0.25) is 10.0 Å².